The molecule has 2 aromatic heterocycles. The summed E-state index contributed by atoms with van der Waals surface area (Å²) in [5, 5.41) is 7.23. The second kappa shape index (κ2) is 7.33. The fraction of sp³-hybridized carbons (Fsp3) is 0.167. The van der Waals surface area contributed by atoms with E-state index in [2.05, 4.69) is 25.6 Å². The Morgan fingerprint density at radius 2 is 1.95 bits per heavy atom. The standard InChI is InChI=1S/C12H11Cl2N5S/c13-8-2-1-4-15-9(8)3-5-18-12(20)19-11-10(14)16-6-7-17-11/h1-2,4,6-7H,3,5H2,(H2,17,18,19,20). The summed E-state index contributed by atoms with van der Waals surface area (Å²) < 4.78 is 0. The summed E-state index contributed by atoms with van der Waals surface area (Å²) in [6, 6.07) is 3.60. The molecule has 5 nitrogen and oxygen atoms in total. The van der Waals surface area contributed by atoms with Gasteiger partial charge in [-0.3, -0.25) is 4.98 Å². The fourth-order valence-corrected chi connectivity index (χ4v) is 2.02. The number of rotatable bonds is 4. The highest BCUT2D eigenvalue weighted by Gasteiger charge is 2.05. The Hall–Kier alpha value is -1.50. The number of halogens is 2. The van der Waals surface area contributed by atoms with Gasteiger partial charge in [0.1, 0.15) is 0 Å². The molecule has 20 heavy (non-hydrogen) atoms. The Bertz CT molecular complexity index is 608. The fourth-order valence-electron chi connectivity index (χ4n) is 1.45. The second-order valence-electron chi connectivity index (χ2n) is 3.76. The Balaban J connectivity index is 1.82. The van der Waals surface area contributed by atoms with Crippen LogP contribution in [0.4, 0.5) is 5.82 Å². The van der Waals surface area contributed by atoms with E-state index in [9.17, 15) is 0 Å². The van der Waals surface area contributed by atoms with Crippen molar-refractivity contribution >= 4 is 46.4 Å². The van der Waals surface area contributed by atoms with Crippen LogP contribution in [0, 0.1) is 0 Å². The van der Waals surface area contributed by atoms with E-state index < -0.39 is 0 Å². The molecule has 2 aromatic rings. The van der Waals surface area contributed by atoms with E-state index in [1.807, 2.05) is 0 Å². The van der Waals surface area contributed by atoms with Crippen LogP contribution >= 0.6 is 35.4 Å². The van der Waals surface area contributed by atoms with Crippen LogP contribution in [0.2, 0.25) is 10.2 Å². The van der Waals surface area contributed by atoms with Gasteiger partial charge in [-0.2, -0.15) is 0 Å². The zero-order chi connectivity index (χ0) is 14.4. The number of thiocarbonyl (C=S) groups is 1. The van der Waals surface area contributed by atoms with Crippen LogP contribution in [0.15, 0.2) is 30.7 Å². The van der Waals surface area contributed by atoms with E-state index >= 15 is 0 Å². The highest BCUT2D eigenvalue weighted by atomic mass is 35.5. The van der Waals surface area contributed by atoms with Gasteiger partial charge in [-0.15, -0.1) is 0 Å². The van der Waals surface area contributed by atoms with Gasteiger partial charge in [0, 0.05) is 31.6 Å². The molecule has 0 amide bonds. The minimum atomic E-state index is 0.268. The molecule has 2 N–H and O–H groups in total. The maximum atomic E-state index is 6.02. The first-order valence-corrected chi connectivity index (χ1v) is 6.94. The molecular weight excluding hydrogens is 317 g/mol. The lowest BCUT2D eigenvalue weighted by Gasteiger charge is -2.10. The molecule has 0 aliphatic rings. The van der Waals surface area contributed by atoms with Gasteiger partial charge < -0.3 is 10.6 Å². The van der Waals surface area contributed by atoms with Crippen molar-refractivity contribution in [2.75, 3.05) is 11.9 Å². The highest BCUT2D eigenvalue weighted by molar-refractivity contribution is 7.80. The molecule has 0 aliphatic heterocycles. The van der Waals surface area contributed by atoms with Gasteiger partial charge in [-0.05, 0) is 24.4 Å². The number of nitrogens with one attached hydrogen (secondary N) is 2. The Kier molecular flexibility index (Phi) is 5.46. The molecular formula is C12H11Cl2N5S. The smallest absolute Gasteiger partial charge is 0.172 e. The van der Waals surface area contributed by atoms with E-state index in [0.29, 0.717) is 28.9 Å². The molecule has 0 saturated heterocycles. The van der Waals surface area contributed by atoms with Gasteiger partial charge in [-0.25, -0.2) is 9.97 Å². The maximum Gasteiger partial charge on any atom is 0.172 e. The first-order chi connectivity index (χ1) is 9.66. The lowest BCUT2D eigenvalue weighted by atomic mass is 10.3. The summed E-state index contributed by atoms with van der Waals surface area (Å²) in [7, 11) is 0. The van der Waals surface area contributed by atoms with Crippen LogP contribution in [-0.4, -0.2) is 26.6 Å². The molecule has 8 heteroatoms. The quantitative estimate of drug-likeness (QED) is 0.842. The van der Waals surface area contributed by atoms with E-state index in [-0.39, 0.29) is 5.15 Å². The molecule has 104 valence electrons. The van der Waals surface area contributed by atoms with Gasteiger partial charge in [0.25, 0.3) is 0 Å². The molecule has 2 rings (SSSR count). The summed E-state index contributed by atoms with van der Waals surface area (Å²) in [5.41, 5.74) is 0.821. The van der Waals surface area contributed by atoms with Crippen molar-refractivity contribution in [3.63, 3.8) is 0 Å². The highest BCUT2D eigenvalue weighted by Crippen LogP contribution is 2.14. The molecule has 0 aromatic carbocycles. The average Bonchev–Trinajstić information content (AvgIpc) is 2.43. The third kappa shape index (κ3) is 4.26. The Morgan fingerprint density at radius 1 is 1.15 bits per heavy atom. The predicted molar refractivity (Wildman–Crippen MR) is 84.2 cm³/mol. The van der Waals surface area contributed by atoms with E-state index in [4.69, 9.17) is 35.4 Å². The normalized spacial score (nSPS) is 10.1. The molecule has 0 atom stereocenters. The number of hydrogen-bond acceptors (Lipinski definition) is 4. The van der Waals surface area contributed by atoms with Crippen LogP contribution in [0.1, 0.15) is 5.69 Å². The summed E-state index contributed by atoms with van der Waals surface area (Å²) in [6.07, 6.45) is 5.41. The molecule has 0 bridgehead atoms. The van der Waals surface area contributed by atoms with E-state index in [1.165, 1.54) is 12.4 Å². The first kappa shape index (κ1) is 14.9. The first-order valence-electron chi connectivity index (χ1n) is 5.77. The molecule has 0 spiro atoms. The van der Waals surface area contributed by atoms with Crippen LogP contribution in [-0.2, 0) is 6.42 Å². The third-order valence-corrected chi connectivity index (χ3v) is 3.23. The number of hydrogen-bond donors (Lipinski definition) is 2. The van der Waals surface area contributed by atoms with Gasteiger partial charge in [-0.1, -0.05) is 23.2 Å². The van der Waals surface area contributed by atoms with Gasteiger partial charge in [0.2, 0.25) is 0 Å². The summed E-state index contributed by atoms with van der Waals surface area (Å²) in [5.74, 6) is 0.419. The van der Waals surface area contributed by atoms with Crippen LogP contribution in [0.25, 0.3) is 0 Å². The lowest BCUT2D eigenvalue weighted by molar-refractivity contribution is 0.847. The largest absolute Gasteiger partial charge is 0.362 e. The number of nitrogens with zero attached hydrogens (tertiary/aromatic N) is 3. The second-order valence-corrected chi connectivity index (χ2v) is 4.93. The van der Waals surface area contributed by atoms with Crippen molar-refractivity contribution in [1.82, 2.24) is 20.3 Å². The van der Waals surface area contributed by atoms with Crippen molar-refractivity contribution in [3.05, 3.63) is 46.6 Å². The van der Waals surface area contributed by atoms with Gasteiger partial charge >= 0.3 is 0 Å². The summed E-state index contributed by atoms with van der Waals surface area (Å²) in [4.78, 5) is 12.1. The molecule has 0 aliphatic carbocycles. The van der Waals surface area contributed by atoms with Crippen LogP contribution in [0.5, 0.6) is 0 Å². The van der Waals surface area contributed by atoms with Crippen molar-refractivity contribution in [1.29, 1.82) is 0 Å². The number of aromatic nitrogens is 3. The molecule has 0 saturated carbocycles. The minimum absolute atomic E-state index is 0.268. The average molecular weight is 328 g/mol. The minimum Gasteiger partial charge on any atom is -0.362 e. The topological polar surface area (TPSA) is 62.7 Å². The Labute approximate surface area is 131 Å². The van der Waals surface area contributed by atoms with E-state index in [0.717, 1.165) is 5.69 Å². The summed E-state index contributed by atoms with van der Waals surface area (Å²) >= 11 is 17.0. The van der Waals surface area contributed by atoms with Crippen molar-refractivity contribution in [2.45, 2.75) is 6.42 Å². The van der Waals surface area contributed by atoms with Crippen molar-refractivity contribution < 1.29 is 0 Å². The van der Waals surface area contributed by atoms with Crippen molar-refractivity contribution in [2.24, 2.45) is 0 Å². The zero-order valence-electron chi connectivity index (χ0n) is 10.3. The summed E-state index contributed by atoms with van der Waals surface area (Å²) in [6.45, 7) is 0.598. The Morgan fingerprint density at radius 3 is 2.70 bits per heavy atom. The molecule has 0 unspecified atom stereocenters. The lowest BCUT2D eigenvalue weighted by Crippen LogP contribution is -2.30. The van der Waals surface area contributed by atoms with Crippen LogP contribution in [0.3, 0.4) is 0 Å². The zero-order valence-corrected chi connectivity index (χ0v) is 12.6. The number of pyridine rings is 1. The molecule has 0 radical (unpaired) electrons. The van der Waals surface area contributed by atoms with Crippen LogP contribution < -0.4 is 10.6 Å². The molecule has 2 heterocycles. The van der Waals surface area contributed by atoms with Gasteiger partial charge in [0.05, 0.1) is 10.7 Å². The van der Waals surface area contributed by atoms with E-state index in [1.54, 1.807) is 18.3 Å². The van der Waals surface area contributed by atoms with Gasteiger partial charge in [0.15, 0.2) is 16.1 Å². The maximum absolute atomic E-state index is 6.02. The third-order valence-electron chi connectivity index (χ3n) is 2.37. The number of anilines is 1. The predicted octanol–water partition coefficient (Wildman–Crippen LogP) is 2.71. The van der Waals surface area contributed by atoms with Crippen molar-refractivity contribution in [3.8, 4) is 0 Å². The monoisotopic (exact) mass is 327 g/mol. The molecule has 0 fully saturated rings. The SMILES string of the molecule is S=C(NCCc1ncccc1Cl)Nc1nccnc1Cl.